The average molecular weight is 1280 g/mol. The van der Waals surface area contributed by atoms with Crippen molar-refractivity contribution in [3.63, 3.8) is 0 Å². The standard InChI is InChI=1S/C51H84N4O31S/c1-19-33(66)45(46(48(75)76)84-41(19)35(68)22(62)14-56)78-18-26-37(70)43(83-31-12-21(61)34(67)23(15-57)79-31)32(54-20(2)60)49(82-26)86-44-36(69)24(16-58)80-51(40(44)73)85-42-25(17-59)81-50(39(72)38(42)71)77-10-8-53-29(64)7-11-87-27-13-30(65)55(47(27)74)9-5-4-6-28(63)52-3/h19,21-27,31-46,49-51,56-59,61-62,66-73H,4-18H2,1-3H3,(H,52,63)(H,53,64)(H,54,60)(H,75,76)/t19-,21?,22-,23?,24?,25?,26?,27?,31+,32+,33+,34-,35-,36+,37-,38?,39+,40+,41?,42-,43?,44?,45?,46-,49+,50-,51+/m1/s1. The Morgan fingerprint density at radius 2 is 1.33 bits per heavy atom. The highest BCUT2D eigenvalue weighted by Crippen LogP contribution is 2.37. The van der Waals surface area contributed by atoms with E-state index < -0.39 is 222 Å². The average Bonchev–Trinajstić information content (AvgIpc) is 1.68. The molecular weight excluding hydrogens is 1200 g/mol. The van der Waals surface area contributed by atoms with E-state index in [0.29, 0.717) is 12.8 Å². The number of hydrogen-bond acceptors (Lipinski definition) is 31. The number of hydrogen-bond donors (Lipinski definition) is 18. The number of aliphatic hydroxyl groups is 14. The van der Waals surface area contributed by atoms with E-state index in [9.17, 15) is 105 Å². The van der Waals surface area contributed by atoms with Crippen LogP contribution in [0.4, 0.5) is 0 Å². The SMILES string of the molecule is CNC(=O)CCCCN1C(=O)CC(SCCC(=O)NCCO[C@@H]2OC(CO)[C@@H](O[C@@H]3OC(CO)[C@H](O)C(O[C@@H]4OC(COC5[C@@H](O)[C@@H](C)C([C@H](O)[C@H](O)CO)O[C@H]5C(=O)O)[C@@H](O)C(O[C@H]5CC(O)[C@@H](O)C(CO)O5)[C@@H]4NC(C)=O)[C@@H]3O)C(O)[C@@H]2O)C1=O. The number of amides is 5. The minimum absolute atomic E-state index is 0.0297. The summed E-state index contributed by atoms with van der Waals surface area (Å²) in [6.07, 6.45) is -43.4. The van der Waals surface area contributed by atoms with Crippen LogP contribution in [0.3, 0.4) is 0 Å². The predicted molar refractivity (Wildman–Crippen MR) is 284 cm³/mol. The first-order valence-corrected chi connectivity index (χ1v) is 29.5. The molecule has 0 aliphatic carbocycles. The molecular formula is C51H84N4O31S. The quantitative estimate of drug-likeness (QED) is 0.0235. The van der Waals surface area contributed by atoms with E-state index in [4.69, 9.17) is 47.4 Å². The van der Waals surface area contributed by atoms with Crippen molar-refractivity contribution in [3.8, 4) is 0 Å². The maximum absolute atomic E-state index is 12.9. The Morgan fingerprint density at radius 3 is 1.98 bits per heavy atom. The summed E-state index contributed by atoms with van der Waals surface area (Å²) in [5.41, 5.74) is 0. The second kappa shape index (κ2) is 33.6. The Labute approximate surface area is 502 Å². The molecule has 5 amide bonds. The van der Waals surface area contributed by atoms with Crippen molar-refractivity contribution in [2.75, 3.05) is 65.5 Å². The molecule has 36 heteroatoms. The minimum Gasteiger partial charge on any atom is -0.479 e. The topological polar surface area (TPSA) is 538 Å². The Balaban J connectivity index is 1.12. The van der Waals surface area contributed by atoms with Crippen molar-refractivity contribution in [1.29, 1.82) is 0 Å². The van der Waals surface area contributed by atoms with Crippen LogP contribution in [0.1, 0.15) is 52.4 Å². The molecule has 500 valence electrons. The first-order chi connectivity index (χ1) is 41.3. The molecule has 6 saturated heterocycles. The van der Waals surface area contributed by atoms with E-state index >= 15 is 0 Å². The summed E-state index contributed by atoms with van der Waals surface area (Å²) in [6, 6.07) is -1.75. The fourth-order valence-electron chi connectivity index (χ4n) is 10.8. The number of aliphatic hydroxyl groups excluding tert-OH is 14. The van der Waals surface area contributed by atoms with E-state index in [-0.39, 0.29) is 62.4 Å². The van der Waals surface area contributed by atoms with Crippen LogP contribution in [0.5, 0.6) is 0 Å². The molecule has 35 nitrogen and oxygen atoms in total. The van der Waals surface area contributed by atoms with Crippen LogP contribution < -0.4 is 16.0 Å². The highest BCUT2D eigenvalue weighted by atomic mass is 32.2. The van der Waals surface area contributed by atoms with Gasteiger partial charge < -0.3 is 140 Å². The predicted octanol–water partition coefficient (Wildman–Crippen LogP) is -10.3. The summed E-state index contributed by atoms with van der Waals surface area (Å²) in [6.45, 7) is -2.63. The van der Waals surface area contributed by atoms with Crippen molar-refractivity contribution in [2.45, 2.75) is 211 Å². The van der Waals surface area contributed by atoms with Crippen LogP contribution in [0.15, 0.2) is 0 Å². The molecule has 0 bridgehead atoms. The molecule has 6 heterocycles. The second-order valence-electron chi connectivity index (χ2n) is 21.9. The van der Waals surface area contributed by atoms with E-state index in [1.54, 1.807) is 0 Å². The van der Waals surface area contributed by atoms with Gasteiger partial charge >= 0.3 is 5.97 Å². The number of nitrogens with one attached hydrogen (secondary N) is 3. The van der Waals surface area contributed by atoms with Gasteiger partial charge in [0.2, 0.25) is 29.5 Å². The third-order valence-corrected chi connectivity index (χ3v) is 17.0. The number of imide groups is 1. The molecule has 6 rings (SSSR count). The number of thioether (sulfide) groups is 1. The summed E-state index contributed by atoms with van der Waals surface area (Å²) in [5, 5.41) is 168. The molecule has 18 N–H and O–H groups in total. The minimum atomic E-state index is -2.22. The highest BCUT2D eigenvalue weighted by Gasteiger charge is 2.57. The summed E-state index contributed by atoms with van der Waals surface area (Å²) >= 11 is 1.14. The van der Waals surface area contributed by atoms with Crippen molar-refractivity contribution in [2.24, 2.45) is 5.92 Å². The normalized spacial score (nSPS) is 39.9. The Kier molecular flexibility index (Phi) is 28.0. The molecule has 0 aromatic rings. The number of carbonyl (C=O) groups is 6. The summed E-state index contributed by atoms with van der Waals surface area (Å²) < 4.78 is 58.4. The van der Waals surface area contributed by atoms with Crippen molar-refractivity contribution >= 4 is 47.3 Å². The molecule has 11 unspecified atom stereocenters. The lowest BCUT2D eigenvalue weighted by Crippen LogP contribution is -2.69. The van der Waals surface area contributed by atoms with Crippen LogP contribution in [0.2, 0.25) is 0 Å². The number of ether oxygens (including phenoxy) is 10. The number of unbranched alkanes of at least 4 members (excludes halogenated alkanes) is 1. The molecule has 6 aliphatic rings. The van der Waals surface area contributed by atoms with Gasteiger partial charge in [0.1, 0.15) is 104 Å². The molecule has 0 aromatic heterocycles. The van der Waals surface area contributed by atoms with Crippen LogP contribution in [0, 0.1) is 5.92 Å². The zero-order valence-electron chi connectivity index (χ0n) is 47.8. The number of aliphatic carboxylic acids is 1. The van der Waals surface area contributed by atoms with Gasteiger partial charge in [-0.15, -0.1) is 11.8 Å². The van der Waals surface area contributed by atoms with E-state index in [1.807, 2.05) is 0 Å². The molecule has 0 saturated carbocycles. The number of rotatable bonds is 30. The van der Waals surface area contributed by atoms with Gasteiger partial charge in [0, 0.05) is 64.4 Å². The van der Waals surface area contributed by atoms with Crippen LogP contribution >= 0.6 is 11.8 Å². The molecule has 6 fully saturated rings. The molecule has 87 heavy (non-hydrogen) atoms. The zero-order valence-corrected chi connectivity index (χ0v) is 48.6. The fraction of sp³-hybridized carbons (Fsp3) is 0.882. The van der Waals surface area contributed by atoms with E-state index in [2.05, 4.69) is 16.0 Å². The second-order valence-corrected chi connectivity index (χ2v) is 23.2. The number of carbonyl (C=O) groups excluding carboxylic acids is 5. The third kappa shape index (κ3) is 18.1. The van der Waals surface area contributed by atoms with Crippen molar-refractivity contribution in [1.82, 2.24) is 20.9 Å². The van der Waals surface area contributed by atoms with E-state index in [0.717, 1.165) is 23.6 Å². The van der Waals surface area contributed by atoms with Crippen LogP contribution in [-0.4, -0.2) is 341 Å². The molecule has 0 aromatic carbocycles. The first kappa shape index (κ1) is 72.5. The third-order valence-electron chi connectivity index (χ3n) is 15.8. The van der Waals surface area contributed by atoms with Gasteiger partial charge in [-0.2, -0.15) is 0 Å². The summed E-state index contributed by atoms with van der Waals surface area (Å²) in [5.74, 6) is -4.92. The lowest BCUT2D eigenvalue weighted by Gasteiger charge is -2.50. The largest absolute Gasteiger partial charge is 0.479 e. The fourth-order valence-corrected chi connectivity index (χ4v) is 12.0. The number of likely N-dealkylation sites (tertiary alicyclic amines) is 1. The van der Waals surface area contributed by atoms with Gasteiger partial charge in [0.15, 0.2) is 31.3 Å². The maximum atomic E-state index is 12.9. The van der Waals surface area contributed by atoms with Crippen LogP contribution in [-0.2, 0) is 76.1 Å². The Bertz CT molecular complexity index is 2230. The van der Waals surface area contributed by atoms with Crippen molar-refractivity contribution < 1.29 is 153 Å². The molecule has 27 atom stereocenters. The maximum Gasteiger partial charge on any atom is 0.335 e. The molecule has 0 spiro atoms. The Hall–Kier alpha value is -3.59. The van der Waals surface area contributed by atoms with Crippen molar-refractivity contribution in [3.05, 3.63) is 0 Å². The summed E-state index contributed by atoms with van der Waals surface area (Å²) in [7, 11) is 1.51. The Morgan fingerprint density at radius 1 is 0.690 bits per heavy atom. The number of carboxylic acids is 1. The van der Waals surface area contributed by atoms with E-state index in [1.165, 1.54) is 14.0 Å². The summed E-state index contributed by atoms with van der Waals surface area (Å²) in [4.78, 5) is 76.1. The monoisotopic (exact) mass is 1280 g/mol. The number of nitrogens with zero attached hydrogens (tertiary/aromatic N) is 1. The lowest BCUT2D eigenvalue weighted by atomic mass is 9.84. The zero-order chi connectivity index (χ0) is 64.1. The molecule has 0 radical (unpaired) electrons. The highest BCUT2D eigenvalue weighted by molar-refractivity contribution is 8.00. The lowest BCUT2D eigenvalue weighted by molar-refractivity contribution is -0.379. The van der Waals surface area contributed by atoms with Gasteiger partial charge in [-0.3, -0.25) is 28.9 Å². The first-order valence-electron chi connectivity index (χ1n) is 28.4. The van der Waals surface area contributed by atoms with Gasteiger partial charge in [0.25, 0.3) is 0 Å². The molecule has 6 aliphatic heterocycles. The van der Waals surface area contributed by atoms with Crippen LogP contribution in [0.25, 0.3) is 0 Å². The van der Waals surface area contributed by atoms with Gasteiger partial charge in [0.05, 0.1) is 63.2 Å². The van der Waals surface area contributed by atoms with Gasteiger partial charge in [-0.1, -0.05) is 6.92 Å². The smallest absolute Gasteiger partial charge is 0.335 e. The van der Waals surface area contributed by atoms with Gasteiger partial charge in [-0.05, 0) is 12.8 Å². The number of carboxylic acid groups (broad SMARTS) is 1. The van der Waals surface area contributed by atoms with Gasteiger partial charge in [-0.25, -0.2) is 4.79 Å².